The predicted octanol–water partition coefficient (Wildman–Crippen LogP) is 3.35. The summed E-state index contributed by atoms with van der Waals surface area (Å²) in [6.07, 6.45) is 5.55. The monoisotopic (exact) mass is 300 g/mol. The molecule has 1 saturated heterocycles. The van der Waals surface area contributed by atoms with Crippen LogP contribution in [0.1, 0.15) is 53.9 Å². The molecule has 1 N–H and O–H groups in total. The van der Waals surface area contributed by atoms with E-state index in [2.05, 4.69) is 51.1 Å². The molecule has 1 rings (SSSR count). The van der Waals surface area contributed by atoms with Gasteiger partial charge in [-0.3, -0.25) is 10.1 Å². The van der Waals surface area contributed by atoms with Crippen molar-refractivity contribution in [1.29, 1.82) is 0 Å². The maximum Gasteiger partial charge on any atom is 0.241 e. The summed E-state index contributed by atoms with van der Waals surface area (Å²) in [7, 11) is 0. The zero-order valence-corrected chi connectivity index (χ0v) is 14.8. The van der Waals surface area contributed by atoms with Crippen LogP contribution in [0, 0.1) is 11.8 Å². The van der Waals surface area contributed by atoms with Crippen molar-refractivity contribution in [2.45, 2.75) is 71.3 Å². The Bertz CT molecular complexity index is 309. The molecule has 0 saturated carbocycles. The summed E-state index contributed by atoms with van der Waals surface area (Å²) in [5, 5.41) is 4.20. The molecule has 0 aromatic rings. The largest absolute Gasteiger partial charge is 0.326 e. The quantitative estimate of drug-likeness (QED) is 0.746. The SMILES string of the molecule is CCC(C)C1NC(CC(C)C)N(CCC(C)SC)C1=O. The van der Waals surface area contributed by atoms with Gasteiger partial charge < -0.3 is 4.90 Å². The van der Waals surface area contributed by atoms with E-state index in [9.17, 15) is 4.79 Å². The molecule has 1 fully saturated rings. The molecule has 118 valence electrons. The fourth-order valence-corrected chi connectivity index (χ4v) is 3.03. The van der Waals surface area contributed by atoms with Gasteiger partial charge in [0.25, 0.3) is 0 Å². The van der Waals surface area contributed by atoms with Crippen LogP contribution in [-0.4, -0.2) is 41.1 Å². The smallest absolute Gasteiger partial charge is 0.241 e. The molecule has 1 aliphatic rings. The number of carbonyl (C=O) groups excluding carboxylic acids is 1. The van der Waals surface area contributed by atoms with Crippen molar-refractivity contribution in [3.63, 3.8) is 0 Å². The number of hydrogen-bond donors (Lipinski definition) is 1. The van der Waals surface area contributed by atoms with E-state index >= 15 is 0 Å². The lowest BCUT2D eigenvalue weighted by Crippen LogP contribution is -2.39. The molecule has 0 spiro atoms. The molecule has 4 unspecified atom stereocenters. The molecule has 1 heterocycles. The first-order chi connectivity index (χ1) is 9.40. The first-order valence-corrected chi connectivity index (χ1v) is 9.28. The Morgan fingerprint density at radius 3 is 2.45 bits per heavy atom. The van der Waals surface area contributed by atoms with Crippen LogP contribution in [0.15, 0.2) is 0 Å². The third kappa shape index (κ3) is 4.66. The van der Waals surface area contributed by atoms with E-state index in [1.165, 1.54) is 0 Å². The van der Waals surface area contributed by atoms with Gasteiger partial charge in [0.05, 0.1) is 12.2 Å². The van der Waals surface area contributed by atoms with Crippen molar-refractivity contribution in [3.8, 4) is 0 Å². The van der Waals surface area contributed by atoms with E-state index < -0.39 is 0 Å². The van der Waals surface area contributed by atoms with E-state index in [1.807, 2.05) is 11.8 Å². The number of rotatable bonds is 8. The van der Waals surface area contributed by atoms with Crippen molar-refractivity contribution >= 4 is 17.7 Å². The second-order valence-electron chi connectivity index (χ2n) is 6.54. The average Bonchev–Trinajstić information content (AvgIpc) is 2.71. The van der Waals surface area contributed by atoms with Gasteiger partial charge in [0, 0.05) is 11.8 Å². The molecule has 0 aliphatic carbocycles. The van der Waals surface area contributed by atoms with Gasteiger partial charge in [-0.15, -0.1) is 0 Å². The van der Waals surface area contributed by atoms with Crippen LogP contribution in [0.3, 0.4) is 0 Å². The topological polar surface area (TPSA) is 32.3 Å². The molecule has 3 nitrogen and oxygen atoms in total. The Balaban J connectivity index is 2.71. The molecular weight excluding hydrogens is 268 g/mol. The Hall–Kier alpha value is -0.220. The fourth-order valence-electron chi connectivity index (χ4n) is 2.69. The molecule has 1 amide bonds. The van der Waals surface area contributed by atoms with Gasteiger partial charge in [0.1, 0.15) is 0 Å². The number of amides is 1. The first kappa shape index (κ1) is 17.8. The first-order valence-electron chi connectivity index (χ1n) is 7.99. The van der Waals surface area contributed by atoms with Crippen LogP contribution >= 0.6 is 11.8 Å². The molecule has 0 aromatic heterocycles. The lowest BCUT2D eigenvalue weighted by Gasteiger charge is -2.26. The third-order valence-corrected chi connectivity index (χ3v) is 5.42. The highest BCUT2D eigenvalue weighted by Gasteiger charge is 2.40. The Kier molecular flexibility index (Phi) is 7.38. The van der Waals surface area contributed by atoms with Crippen molar-refractivity contribution in [3.05, 3.63) is 0 Å². The average molecular weight is 301 g/mol. The zero-order valence-electron chi connectivity index (χ0n) is 14.0. The Morgan fingerprint density at radius 1 is 1.30 bits per heavy atom. The van der Waals surface area contributed by atoms with E-state index in [1.54, 1.807) is 0 Å². The molecule has 0 bridgehead atoms. The molecule has 20 heavy (non-hydrogen) atoms. The Labute approximate surface area is 129 Å². The van der Waals surface area contributed by atoms with Gasteiger partial charge in [-0.05, 0) is 30.9 Å². The molecular formula is C16H32N2OS. The molecule has 1 aliphatic heterocycles. The lowest BCUT2D eigenvalue weighted by molar-refractivity contribution is -0.131. The second kappa shape index (κ2) is 8.28. The van der Waals surface area contributed by atoms with E-state index in [0.29, 0.717) is 23.0 Å². The van der Waals surface area contributed by atoms with Gasteiger partial charge in [0.15, 0.2) is 0 Å². The minimum Gasteiger partial charge on any atom is -0.326 e. The Morgan fingerprint density at radius 2 is 1.95 bits per heavy atom. The van der Waals surface area contributed by atoms with Crippen LogP contribution < -0.4 is 5.32 Å². The van der Waals surface area contributed by atoms with Crippen LogP contribution in [0.2, 0.25) is 0 Å². The number of nitrogens with zero attached hydrogens (tertiary/aromatic N) is 1. The molecule has 4 atom stereocenters. The summed E-state index contributed by atoms with van der Waals surface area (Å²) in [4.78, 5) is 14.8. The van der Waals surface area contributed by atoms with E-state index in [-0.39, 0.29) is 12.2 Å². The second-order valence-corrected chi connectivity index (χ2v) is 7.82. The van der Waals surface area contributed by atoms with Gasteiger partial charge in [-0.2, -0.15) is 11.8 Å². The number of carbonyl (C=O) groups is 1. The lowest BCUT2D eigenvalue weighted by atomic mass is 9.99. The summed E-state index contributed by atoms with van der Waals surface area (Å²) in [5.41, 5.74) is 0. The third-order valence-electron chi connectivity index (χ3n) is 4.38. The van der Waals surface area contributed by atoms with Crippen molar-refractivity contribution in [2.24, 2.45) is 11.8 Å². The van der Waals surface area contributed by atoms with Crippen molar-refractivity contribution in [2.75, 3.05) is 12.8 Å². The minimum absolute atomic E-state index is 0.0216. The maximum atomic E-state index is 12.7. The van der Waals surface area contributed by atoms with Crippen LogP contribution in [-0.2, 0) is 4.79 Å². The standard InChI is InChI=1S/C16H32N2OS/c1-7-12(4)15-16(19)18(9-8-13(5)20-6)14(17-15)10-11(2)3/h11-15,17H,7-10H2,1-6H3. The van der Waals surface area contributed by atoms with Gasteiger partial charge >= 0.3 is 0 Å². The van der Waals surface area contributed by atoms with E-state index in [4.69, 9.17) is 0 Å². The zero-order chi connectivity index (χ0) is 15.3. The minimum atomic E-state index is 0.0216. The number of nitrogens with one attached hydrogen (secondary N) is 1. The summed E-state index contributed by atoms with van der Waals surface area (Å²) >= 11 is 1.88. The van der Waals surface area contributed by atoms with Crippen molar-refractivity contribution in [1.82, 2.24) is 10.2 Å². The summed E-state index contributed by atoms with van der Waals surface area (Å²) < 4.78 is 0. The summed E-state index contributed by atoms with van der Waals surface area (Å²) in [6, 6.07) is 0.0216. The highest BCUT2D eigenvalue weighted by atomic mass is 32.2. The highest BCUT2D eigenvalue weighted by molar-refractivity contribution is 7.99. The van der Waals surface area contributed by atoms with Gasteiger partial charge in [-0.25, -0.2) is 0 Å². The van der Waals surface area contributed by atoms with E-state index in [0.717, 1.165) is 25.8 Å². The summed E-state index contributed by atoms with van der Waals surface area (Å²) in [6.45, 7) is 11.9. The van der Waals surface area contributed by atoms with Crippen molar-refractivity contribution < 1.29 is 4.79 Å². The van der Waals surface area contributed by atoms with Crippen LogP contribution in [0.4, 0.5) is 0 Å². The maximum absolute atomic E-state index is 12.7. The van der Waals surface area contributed by atoms with Crippen LogP contribution in [0.25, 0.3) is 0 Å². The van der Waals surface area contributed by atoms with Gasteiger partial charge in [-0.1, -0.05) is 41.0 Å². The molecule has 0 radical (unpaired) electrons. The van der Waals surface area contributed by atoms with Gasteiger partial charge in [0.2, 0.25) is 5.91 Å². The summed E-state index contributed by atoms with van der Waals surface area (Å²) in [5.74, 6) is 1.34. The molecule has 0 aromatic carbocycles. The number of hydrogen-bond acceptors (Lipinski definition) is 3. The fraction of sp³-hybridized carbons (Fsp3) is 0.938. The number of thioether (sulfide) groups is 1. The normalized spacial score (nSPS) is 26.4. The van der Waals surface area contributed by atoms with Crippen LogP contribution in [0.5, 0.6) is 0 Å². The highest BCUT2D eigenvalue weighted by Crippen LogP contribution is 2.24. The predicted molar refractivity (Wildman–Crippen MR) is 88.9 cm³/mol. The molecule has 4 heteroatoms.